The Balaban J connectivity index is 1.93. The Morgan fingerprint density at radius 3 is 1.50 bits per heavy atom. The molecule has 0 aromatic heterocycles. The predicted octanol–water partition coefficient (Wildman–Crippen LogP) is 10.4. The lowest BCUT2D eigenvalue weighted by molar-refractivity contribution is 0.0918. The van der Waals surface area contributed by atoms with Crippen LogP contribution in [0.1, 0.15) is 156 Å². The van der Waals surface area contributed by atoms with E-state index in [-0.39, 0.29) is 38.5 Å². The predicted molar refractivity (Wildman–Crippen MR) is 191 cm³/mol. The van der Waals surface area contributed by atoms with Gasteiger partial charge in [-0.25, -0.2) is 0 Å². The van der Waals surface area contributed by atoms with Gasteiger partial charge in [0.05, 0.1) is 6.04 Å². The summed E-state index contributed by atoms with van der Waals surface area (Å²) in [5.41, 5.74) is 5.59. The summed E-state index contributed by atoms with van der Waals surface area (Å²) in [7, 11) is 0. The molecule has 2 atom stereocenters. The molecule has 0 aliphatic heterocycles. The molecule has 0 saturated heterocycles. The van der Waals surface area contributed by atoms with Crippen LogP contribution in [0.4, 0.5) is 0 Å². The Labute approximate surface area is 269 Å². The van der Waals surface area contributed by atoms with E-state index < -0.39 is 0 Å². The van der Waals surface area contributed by atoms with Crippen LogP contribution < -0.4 is 0 Å². The molecule has 3 rings (SSSR count). The number of aliphatic imine (C=N–C) groups is 2. The van der Waals surface area contributed by atoms with Crippen molar-refractivity contribution in [2.24, 2.45) is 20.8 Å². The molecule has 2 N–H and O–H groups in total. The number of hydrogen-bond acceptors (Lipinski definition) is 4. The zero-order valence-corrected chi connectivity index (χ0v) is 30.7. The second kappa shape index (κ2) is 12.0. The highest BCUT2D eigenvalue weighted by atomic mass is 16.3. The van der Waals surface area contributed by atoms with Gasteiger partial charge in [-0.2, -0.15) is 0 Å². The van der Waals surface area contributed by atoms with Crippen molar-refractivity contribution >= 4 is 12.4 Å². The van der Waals surface area contributed by atoms with Crippen molar-refractivity contribution in [1.82, 2.24) is 0 Å². The molecule has 0 radical (unpaired) electrons. The van der Waals surface area contributed by atoms with Gasteiger partial charge in [-0.3, -0.25) is 9.98 Å². The molecule has 44 heavy (non-hydrogen) atoms. The first kappa shape index (κ1) is 35.9. The van der Waals surface area contributed by atoms with Gasteiger partial charge in [0, 0.05) is 41.2 Å². The van der Waals surface area contributed by atoms with Crippen molar-refractivity contribution < 1.29 is 10.2 Å². The van der Waals surface area contributed by atoms with E-state index in [1.165, 1.54) is 11.1 Å². The van der Waals surface area contributed by atoms with Crippen molar-refractivity contribution in [2.45, 2.75) is 151 Å². The maximum Gasteiger partial charge on any atom is 0.128 e. The smallest absolute Gasteiger partial charge is 0.128 e. The molecule has 0 spiro atoms. The Hall–Kier alpha value is -2.62. The molecule has 1 aliphatic carbocycles. The average molecular weight is 603 g/mol. The third-order valence-corrected chi connectivity index (χ3v) is 9.18. The summed E-state index contributed by atoms with van der Waals surface area (Å²) < 4.78 is 0. The van der Waals surface area contributed by atoms with Gasteiger partial charge >= 0.3 is 0 Å². The molecule has 1 aliphatic rings. The lowest BCUT2D eigenvalue weighted by atomic mass is 9.63. The maximum atomic E-state index is 11.3. The van der Waals surface area contributed by atoms with Crippen molar-refractivity contribution in [3.05, 3.63) is 57.6 Å². The molecule has 0 bridgehead atoms. The van der Waals surface area contributed by atoms with Gasteiger partial charge in [0.15, 0.2) is 0 Å². The van der Waals surface area contributed by atoms with Crippen LogP contribution in [0, 0.1) is 10.8 Å². The lowest BCUT2D eigenvalue weighted by Gasteiger charge is -2.45. The van der Waals surface area contributed by atoms with Crippen LogP contribution in [0.3, 0.4) is 0 Å². The Morgan fingerprint density at radius 2 is 1.09 bits per heavy atom. The maximum absolute atomic E-state index is 11.3. The van der Waals surface area contributed by atoms with E-state index in [0.29, 0.717) is 18.0 Å². The third kappa shape index (κ3) is 8.76. The number of phenols is 2. The van der Waals surface area contributed by atoms with Crippen LogP contribution in [0.25, 0.3) is 0 Å². The Bertz CT molecular complexity index is 1400. The zero-order chi connectivity index (χ0) is 33.7. The first-order valence-electron chi connectivity index (χ1n) is 16.5. The highest BCUT2D eigenvalue weighted by Gasteiger charge is 2.41. The number of benzene rings is 2. The van der Waals surface area contributed by atoms with Crippen LogP contribution in [0.5, 0.6) is 11.5 Å². The second-order valence-corrected chi connectivity index (χ2v) is 18.9. The first-order chi connectivity index (χ1) is 19.7. The number of aromatic hydroxyl groups is 2. The monoisotopic (exact) mass is 602 g/mol. The number of hydrogen-bond donors (Lipinski definition) is 2. The number of rotatable bonds is 5. The molecule has 0 amide bonds. The van der Waals surface area contributed by atoms with Gasteiger partial charge in [0.1, 0.15) is 11.5 Å². The molecular formula is C40H62N2O2. The SMILES string of the molecule is CC1(C)C[C@@H](N=Cc2cc(C(C)(C)C)cc(C(C)(C)C)c2O)C[C@@](C)(CN=Cc2cc(C(C)(C)C)cc(C(C)(C)C)c2O)C1. The topological polar surface area (TPSA) is 65.2 Å². The van der Waals surface area contributed by atoms with Crippen LogP contribution in [-0.2, 0) is 21.7 Å². The fourth-order valence-corrected chi connectivity index (χ4v) is 6.87. The second-order valence-electron chi connectivity index (χ2n) is 18.9. The van der Waals surface area contributed by atoms with E-state index in [1.54, 1.807) is 0 Å². The van der Waals surface area contributed by atoms with Crippen molar-refractivity contribution in [3.8, 4) is 11.5 Å². The van der Waals surface area contributed by atoms with Crippen molar-refractivity contribution in [2.75, 3.05) is 6.54 Å². The van der Waals surface area contributed by atoms with Crippen LogP contribution in [0.2, 0.25) is 0 Å². The Morgan fingerprint density at radius 1 is 0.659 bits per heavy atom. The van der Waals surface area contributed by atoms with E-state index in [1.807, 2.05) is 12.4 Å². The molecule has 0 heterocycles. The minimum Gasteiger partial charge on any atom is -0.507 e. The number of nitrogens with zero attached hydrogens (tertiary/aromatic N) is 2. The third-order valence-electron chi connectivity index (χ3n) is 9.18. The number of phenolic OH excluding ortho intramolecular Hbond substituents is 2. The average Bonchev–Trinajstić information content (AvgIpc) is 2.80. The summed E-state index contributed by atoms with van der Waals surface area (Å²) in [6, 6.07) is 8.65. The van der Waals surface area contributed by atoms with Crippen molar-refractivity contribution in [3.63, 3.8) is 0 Å². The molecule has 2 aromatic carbocycles. The molecular weight excluding hydrogens is 540 g/mol. The van der Waals surface area contributed by atoms with Gasteiger partial charge in [0.25, 0.3) is 0 Å². The molecule has 2 aromatic rings. The summed E-state index contributed by atoms with van der Waals surface area (Å²) >= 11 is 0. The fraction of sp³-hybridized carbons (Fsp3) is 0.650. The van der Waals surface area contributed by atoms with E-state index in [4.69, 9.17) is 9.98 Å². The zero-order valence-electron chi connectivity index (χ0n) is 30.7. The summed E-state index contributed by atoms with van der Waals surface area (Å²) in [5.74, 6) is 0.668. The van der Waals surface area contributed by atoms with Gasteiger partial charge in [-0.15, -0.1) is 0 Å². The minimum atomic E-state index is -0.175. The molecule has 0 unspecified atom stereocenters. The largest absolute Gasteiger partial charge is 0.507 e. The van der Waals surface area contributed by atoms with Crippen molar-refractivity contribution in [1.29, 1.82) is 0 Å². The quantitative estimate of drug-likeness (QED) is 0.334. The van der Waals surface area contributed by atoms with Crippen LogP contribution in [0.15, 0.2) is 34.3 Å². The van der Waals surface area contributed by atoms with E-state index >= 15 is 0 Å². The van der Waals surface area contributed by atoms with Gasteiger partial charge in [0.2, 0.25) is 0 Å². The van der Waals surface area contributed by atoms with Gasteiger partial charge < -0.3 is 10.2 Å². The first-order valence-corrected chi connectivity index (χ1v) is 16.5. The normalized spacial score (nSPS) is 21.8. The summed E-state index contributed by atoms with van der Waals surface area (Å²) in [5, 5.41) is 22.6. The summed E-state index contributed by atoms with van der Waals surface area (Å²) in [4.78, 5) is 10.1. The lowest BCUT2D eigenvalue weighted by Crippen LogP contribution is -2.39. The minimum absolute atomic E-state index is 0.0315. The molecule has 244 valence electrons. The summed E-state index contributed by atoms with van der Waals surface area (Å²) in [6.45, 7) is 33.8. The van der Waals surface area contributed by atoms with Gasteiger partial charge in [-0.05, 0) is 75.0 Å². The highest BCUT2D eigenvalue weighted by Crippen LogP contribution is 2.47. The van der Waals surface area contributed by atoms with Gasteiger partial charge in [-0.1, -0.05) is 116 Å². The fourth-order valence-electron chi connectivity index (χ4n) is 6.87. The van der Waals surface area contributed by atoms with Crippen LogP contribution in [-0.4, -0.2) is 35.2 Å². The highest BCUT2D eigenvalue weighted by molar-refractivity contribution is 5.86. The van der Waals surface area contributed by atoms with E-state index in [0.717, 1.165) is 41.5 Å². The molecule has 4 nitrogen and oxygen atoms in total. The van der Waals surface area contributed by atoms with E-state index in [2.05, 4.69) is 128 Å². The van der Waals surface area contributed by atoms with E-state index in [9.17, 15) is 10.2 Å². The molecule has 4 heteroatoms. The Kier molecular flexibility index (Phi) is 9.74. The standard InChI is InChI=1S/C40H62N2O2/c1-35(2,3)28-16-26(33(43)31(18-28)37(7,8)9)22-41-25-40(15)21-30(20-39(13,14)24-40)42-23-27-17-29(36(4,5)6)19-32(34(27)44)38(10,11)12/h16-19,22-23,30,43-44H,20-21,24-25H2,1-15H3/t30-,40-/m1/s1. The molecule has 1 fully saturated rings. The van der Waals surface area contributed by atoms with Crippen LogP contribution >= 0.6 is 0 Å². The summed E-state index contributed by atoms with van der Waals surface area (Å²) in [6.07, 6.45) is 6.79. The molecule has 1 saturated carbocycles.